The molecule has 1 amide bonds. The average Bonchev–Trinajstić information content (AvgIpc) is 3.66. The van der Waals surface area contributed by atoms with E-state index in [4.69, 9.17) is 21.7 Å². The fourth-order valence-electron chi connectivity index (χ4n) is 5.70. The highest BCUT2D eigenvalue weighted by Crippen LogP contribution is 2.42. The van der Waals surface area contributed by atoms with Gasteiger partial charge in [0.25, 0.3) is 5.91 Å². The number of fused-ring (bicyclic) bond motifs is 1. The Morgan fingerprint density at radius 1 is 1.00 bits per heavy atom. The number of thiazole rings is 1. The highest BCUT2D eigenvalue weighted by molar-refractivity contribution is 7.17. The van der Waals surface area contributed by atoms with Crippen LogP contribution in [0.25, 0.3) is 16.8 Å². The topological polar surface area (TPSA) is 82.5 Å². The molecule has 2 N–H and O–H groups in total. The SMILES string of the molecule is O=C(O)CCNC(=O)c1ccc(CN(c2nc(-c3ccc(Cl)cc3)c(C3=CC=CCC3)s2)C2Cc3ccccc3C2)cc1. The molecular formula is C35H32ClN3O3S. The Labute approximate surface area is 260 Å². The monoisotopic (exact) mass is 609 g/mol. The molecule has 1 aromatic heterocycles. The van der Waals surface area contributed by atoms with E-state index in [-0.39, 0.29) is 24.9 Å². The van der Waals surface area contributed by atoms with E-state index in [9.17, 15) is 9.59 Å². The molecule has 0 atom stereocenters. The lowest BCUT2D eigenvalue weighted by molar-refractivity contribution is -0.136. The number of hydrogen-bond acceptors (Lipinski definition) is 5. The number of nitrogens with zero attached hydrogens (tertiary/aromatic N) is 2. The second kappa shape index (κ2) is 13.0. The van der Waals surface area contributed by atoms with Gasteiger partial charge < -0.3 is 15.3 Å². The molecule has 1 heterocycles. The number of benzene rings is 3. The molecular weight excluding hydrogens is 578 g/mol. The Kier molecular flexibility index (Phi) is 8.72. The number of nitrogens with one attached hydrogen (secondary N) is 1. The number of amides is 1. The summed E-state index contributed by atoms with van der Waals surface area (Å²) in [4.78, 5) is 32.2. The maximum Gasteiger partial charge on any atom is 0.305 e. The van der Waals surface area contributed by atoms with Gasteiger partial charge in [0.15, 0.2) is 5.13 Å². The van der Waals surface area contributed by atoms with Gasteiger partial charge in [-0.15, -0.1) is 0 Å². The van der Waals surface area contributed by atoms with Gasteiger partial charge >= 0.3 is 5.97 Å². The first-order valence-electron chi connectivity index (χ1n) is 14.5. The Hall–Kier alpha value is -4.20. The van der Waals surface area contributed by atoms with E-state index in [0.29, 0.717) is 17.1 Å². The predicted molar refractivity (Wildman–Crippen MR) is 174 cm³/mol. The fraction of sp³-hybridized carbons (Fsp3) is 0.229. The van der Waals surface area contributed by atoms with Crippen LogP contribution < -0.4 is 10.2 Å². The molecule has 0 bridgehead atoms. The third-order valence-corrected chi connectivity index (χ3v) is 9.37. The lowest BCUT2D eigenvalue weighted by atomic mass is 10.0. The summed E-state index contributed by atoms with van der Waals surface area (Å²) in [6.45, 7) is 0.742. The Morgan fingerprint density at radius 2 is 1.72 bits per heavy atom. The lowest BCUT2D eigenvalue weighted by Crippen LogP contribution is -2.35. The highest BCUT2D eigenvalue weighted by atomic mass is 35.5. The second-order valence-corrected chi connectivity index (χ2v) is 12.3. The molecule has 218 valence electrons. The Balaban J connectivity index is 1.33. The molecule has 2 aliphatic rings. The van der Waals surface area contributed by atoms with Crippen LogP contribution in [-0.4, -0.2) is 34.6 Å². The molecule has 6 rings (SSSR count). The number of allylic oxidation sites excluding steroid dienone is 4. The van der Waals surface area contributed by atoms with Crippen LogP contribution in [0.4, 0.5) is 5.13 Å². The number of carboxylic acids is 1. The molecule has 0 radical (unpaired) electrons. The summed E-state index contributed by atoms with van der Waals surface area (Å²) in [5, 5.41) is 13.2. The number of aliphatic carboxylic acids is 1. The number of halogens is 1. The van der Waals surface area contributed by atoms with Crippen LogP contribution in [0.3, 0.4) is 0 Å². The fourth-order valence-corrected chi connectivity index (χ4v) is 7.03. The average molecular weight is 610 g/mol. The van der Waals surface area contributed by atoms with Crippen molar-refractivity contribution in [3.63, 3.8) is 0 Å². The van der Waals surface area contributed by atoms with Crippen molar-refractivity contribution in [2.75, 3.05) is 11.4 Å². The predicted octanol–water partition coefficient (Wildman–Crippen LogP) is 7.58. The van der Waals surface area contributed by atoms with Crippen LogP contribution >= 0.6 is 22.9 Å². The minimum absolute atomic E-state index is 0.0977. The molecule has 0 unspecified atom stereocenters. The zero-order valence-corrected chi connectivity index (χ0v) is 25.2. The summed E-state index contributed by atoms with van der Waals surface area (Å²) >= 11 is 7.98. The van der Waals surface area contributed by atoms with Gasteiger partial charge in [0.2, 0.25) is 0 Å². The van der Waals surface area contributed by atoms with Crippen molar-refractivity contribution in [2.24, 2.45) is 0 Å². The summed E-state index contributed by atoms with van der Waals surface area (Å²) in [5.41, 5.74) is 7.65. The zero-order valence-electron chi connectivity index (χ0n) is 23.6. The molecule has 2 aliphatic carbocycles. The molecule has 4 aromatic rings. The van der Waals surface area contributed by atoms with E-state index in [2.05, 4.69) is 52.7 Å². The van der Waals surface area contributed by atoms with Crippen molar-refractivity contribution in [1.82, 2.24) is 10.3 Å². The number of hydrogen-bond donors (Lipinski definition) is 2. The Bertz CT molecular complexity index is 1670. The molecule has 0 spiro atoms. The lowest BCUT2D eigenvalue weighted by Gasteiger charge is -2.29. The van der Waals surface area contributed by atoms with Crippen molar-refractivity contribution in [1.29, 1.82) is 0 Å². The van der Waals surface area contributed by atoms with E-state index < -0.39 is 5.97 Å². The van der Waals surface area contributed by atoms with Crippen molar-refractivity contribution >= 4 is 45.5 Å². The van der Waals surface area contributed by atoms with Crippen molar-refractivity contribution in [2.45, 2.75) is 44.7 Å². The van der Waals surface area contributed by atoms with Gasteiger partial charge in [-0.1, -0.05) is 89.7 Å². The number of carbonyl (C=O) groups excluding carboxylic acids is 1. The molecule has 0 aliphatic heterocycles. The van der Waals surface area contributed by atoms with Crippen LogP contribution in [0.1, 0.15) is 51.2 Å². The van der Waals surface area contributed by atoms with Crippen molar-refractivity contribution in [3.05, 3.63) is 123 Å². The first kappa shape index (κ1) is 28.9. The van der Waals surface area contributed by atoms with Gasteiger partial charge in [0, 0.05) is 35.3 Å². The normalized spacial score (nSPS) is 14.3. The second-order valence-electron chi connectivity index (χ2n) is 10.9. The van der Waals surface area contributed by atoms with Crippen LogP contribution in [0.5, 0.6) is 0 Å². The van der Waals surface area contributed by atoms with E-state index in [1.165, 1.54) is 21.6 Å². The summed E-state index contributed by atoms with van der Waals surface area (Å²) in [6, 6.07) is 24.4. The summed E-state index contributed by atoms with van der Waals surface area (Å²) in [6.07, 6.45) is 10.3. The van der Waals surface area contributed by atoms with E-state index in [1.807, 2.05) is 36.4 Å². The quantitative estimate of drug-likeness (QED) is 0.194. The number of anilines is 1. The number of aromatic nitrogens is 1. The van der Waals surface area contributed by atoms with Crippen molar-refractivity contribution in [3.8, 4) is 11.3 Å². The van der Waals surface area contributed by atoms with Gasteiger partial charge in [-0.2, -0.15) is 0 Å². The minimum Gasteiger partial charge on any atom is -0.481 e. The maximum absolute atomic E-state index is 12.5. The van der Waals surface area contributed by atoms with E-state index in [1.54, 1.807) is 23.5 Å². The summed E-state index contributed by atoms with van der Waals surface area (Å²) in [5.74, 6) is -1.21. The molecule has 8 heteroatoms. The minimum atomic E-state index is -0.939. The van der Waals surface area contributed by atoms with Crippen LogP contribution in [-0.2, 0) is 24.2 Å². The number of carbonyl (C=O) groups is 2. The first-order chi connectivity index (χ1) is 20.9. The zero-order chi connectivity index (χ0) is 29.8. The largest absolute Gasteiger partial charge is 0.481 e. The van der Waals surface area contributed by atoms with Gasteiger partial charge in [-0.05, 0) is 72.2 Å². The van der Waals surface area contributed by atoms with Crippen LogP contribution in [0, 0.1) is 0 Å². The molecule has 3 aromatic carbocycles. The number of rotatable bonds is 10. The van der Waals surface area contributed by atoms with Crippen LogP contribution in [0.15, 0.2) is 91.0 Å². The molecule has 43 heavy (non-hydrogen) atoms. The number of carboxylic acid groups (broad SMARTS) is 1. The Morgan fingerprint density at radius 3 is 2.37 bits per heavy atom. The van der Waals surface area contributed by atoms with Gasteiger partial charge in [-0.3, -0.25) is 9.59 Å². The van der Waals surface area contributed by atoms with Crippen LogP contribution in [0.2, 0.25) is 5.02 Å². The summed E-state index contributed by atoms with van der Waals surface area (Å²) in [7, 11) is 0. The van der Waals surface area contributed by atoms with Gasteiger partial charge in [-0.25, -0.2) is 4.98 Å². The first-order valence-corrected chi connectivity index (χ1v) is 15.7. The van der Waals surface area contributed by atoms with Crippen molar-refractivity contribution < 1.29 is 14.7 Å². The standard InChI is InChI=1S/C35H32ClN3O3S/c36-29-16-14-24(15-17-29)32-33(25-6-2-1-3-7-25)43-35(38-32)39(30-20-27-8-4-5-9-28(27)21-30)22-23-10-12-26(13-11-23)34(42)37-19-18-31(40)41/h1-2,4-6,8-17,30H,3,7,18-22H2,(H,37,42)(H,40,41). The smallest absolute Gasteiger partial charge is 0.305 e. The van der Waals surface area contributed by atoms with Gasteiger partial charge in [0.05, 0.1) is 17.0 Å². The summed E-state index contributed by atoms with van der Waals surface area (Å²) < 4.78 is 0. The van der Waals surface area contributed by atoms with E-state index in [0.717, 1.165) is 47.6 Å². The third kappa shape index (κ3) is 6.74. The third-order valence-electron chi connectivity index (χ3n) is 7.95. The van der Waals surface area contributed by atoms with Gasteiger partial charge in [0.1, 0.15) is 0 Å². The molecule has 0 saturated carbocycles. The molecule has 0 fully saturated rings. The molecule has 6 nitrogen and oxygen atoms in total. The maximum atomic E-state index is 12.5. The van der Waals surface area contributed by atoms with E-state index >= 15 is 0 Å². The highest BCUT2D eigenvalue weighted by Gasteiger charge is 2.30. The molecule has 0 saturated heterocycles.